The Morgan fingerprint density at radius 1 is 1.33 bits per heavy atom. The summed E-state index contributed by atoms with van der Waals surface area (Å²) in [5.74, 6) is 0. The fraction of sp³-hybridized carbons (Fsp3) is 0.857. The Kier molecular flexibility index (Phi) is 4.65. The van der Waals surface area contributed by atoms with Crippen LogP contribution < -0.4 is 0 Å². The lowest BCUT2D eigenvalue weighted by molar-refractivity contribution is 0.0346. The Labute approximate surface area is 110 Å². The van der Waals surface area contributed by atoms with Gasteiger partial charge >= 0.3 is 0 Å². The van der Waals surface area contributed by atoms with Crippen LogP contribution >= 0.6 is 0 Å². The fourth-order valence-electron chi connectivity index (χ4n) is 3.13. The Bertz CT molecular complexity index is 288. The van der Waals surface area contributed by atoms with Crippen molar-refractivity contribution in [2.45, 2.75) is 37.3 Å². The molecule has 1 N–H and O–H groups in total. The number of aliphatic hydroxyl groups is 1. The van der Waals surface area contributed by atoms with Crippen molar-refractivity contribution in [2.75, 3.05) is 40.3 Å². The van der Waals surface area contributed by atoms with Crippen LogP contribution in [0.25, 0.3) is 0 Å². The highest BCUT2D eigenvalue weighted by atomic mass is 16.5. The smallest absolute Gasteiger partial charge is 0.0785 e. The van der Waals surface area contributed by atoms with Crippen LogP contribution in [0.2, 0.25) is 0 Å². The third-order valence-electron chi connectivity index (χ3n) is 4.34. The van der Waals surface area contributed by atoms with Crippen LogP contribution in [-0.2, 0) is 4.74 Å². The van der Waals surface area contributed by atoms with Gasteiger partial charge in [-0.2, -0.15) is 0 Å². The van der Waals surface area contributed by atoms with Gasteiger partial charge in [0.2, 0.25) is 0 Å². The SMILES string of the molecule is COC=CC[C@@]1(O)CC[C@@H](N2CCN(C)CC2)C1. The minimum atomic E-state index is -0.511. The van der Waals surface area contributed by atoms with E-state index in [4.69, 9.17) is 4.74 Å². The number of ether oxygens (including phenoxy) is 1. The van der Waals surface area contributed by atoms with Crippen LogP contribution in [-0.4, -0.2) is 66.9 Å². The summed E-state index contributed by atoms with van der Waals surface area (Å²) in [6, 6.07) is 0.569. The minimum absolute atomic E-state index is 0.511. The molecule has 104 valence electrons. The van der Waals surface area contributed by atoms with Gasteiger partial charge in [-0.3, -0.25) is 4.90 Å². The lowest BCUT2D eigenvalue weighted by Crippen LogP contribution is -2.48. The van der Waals surface area contributed by atoms with E-state index in [0.717, 1.165) is 45.4 Å². The summed E-state index contributed by atoms with van der Waals surface area (Å²) in [5.41, 5.74) is -0.511. The first-order chi connectivity index (χ1) is 8.63. The molecular formula is C14H26N2O2. The summed E-state index contributed by atoms with van der Waals surface area (Å²) < 4.78 is 4.89. The zero-order chi connectivity index (χ0) is 13.0. The first-order valence-corrected chi connectivity index (χ1v) is 6.96. The number of hydrogen-bond acceptors (Lipinski definition) is 4. The van der Waals surface area contributed by atoms with Gasteiger partial charge in [0.15, 0.2) is 0 Å². The molecule has 0 unspecified atom stereocenters. The third kappa shape index (κ3) is 3.46. The summed E-state index contributed by atoms with van der Waals surface area (Å²) in [6.45, 7) is 4.59. The monoisotopic (exact) mass is 254 g/mol. The molecule has 0 spiro atoms. The van der Waals surface area contributed by atoms with Crippen molar-refractivity contribution >= 4 is 0 Å². The third-order valence-corrected chi connectivity index (χ3v) is 4.34. The quantitative estimate of drug-likeness (QED) is 0.761. The molecule has 2 rings (SSSR count). The van der Waals surface area contributed by atoms with E-state index in [2.05, 4.69) is 16.8 Å². The van der Waals surface area contributed by atoms with E-state index in [1.165, 1.54) is 0 Å². The van der Waals surface area contributed by atoms with Gasteiger partial charge in [-0.1, -0.05) is 0 Å². The van der Waals surface area contributed by atoms with Crippen molar-refractivity contribution in [3.05, 3.63) is 12.3 Å². The molecule has 0 aromatic carbocycles. The molecule has 1 aliphatic heterocycles. The van der Waals surface area contributed by atoms with Crippen molar-refractivity contribution in [1.29, 1.82) is 0 Å². The van der Waals surface area contributed by atoms with Crippen LogP contribution in [0.1, 0.15) is 25.7 Å². The van der Waals surface area contributed by atoms with Crippen molar-refractivity contribution in [1.82, 2.24) is 9.80 Å². The highest BCUT2D eigenvalue weighted by Gasteiger charge is 2.39. The number of piperazine rings is 1. The van der Waals surface area contributed by atoms with Crippen LogP contribution in [0.15, 0.2) is 12.3 Å². The molecule has 18 heavy (non-hydrogen) atoms. The van der Waals surface area contributed by atoms with Crippen molar-refractivity contribution in [2.24, 2.45) is 0 Å². The first-order valence-electron chi connectivity index (χ1n) is 6.96. The van der Waals surface area contributed by atoms with Crippen LogP contribution in [0, 0.1) is 0 Å². The van der Waals surface area contributed by atoms with Gasteiger partial charge in [0.1, 0.15) is 0 Å². The van der Waals surface area contributed by atoms with E-state index in [1.54, 1.807) is 13.4 Å². The molecule has 1 heterocycles. The number of nitrogens with zero attached hydrogens (tertiary/aromatic N) is 2. The largest absolute Gasteiger partial charge is 0.505 e. The van der Waals surface area contributed by atoms with Gasteiger partial charge in [0.05, 0.1) is 19.0 Å². The molecule has 1 saturated heterocycles. The molecule has 1 saturated carbocycles. The predicted octanol–water partition coefficient (Wildman–Crippen LogP) is 1.07. The Balaban J connectivity index is 1.82. The summed E-state index contributed by atoms with van der Waals surface area (Å²) in [4.78, 5) is 4.93. The summed E-state index contributed by atoms with van der Waals surface area (Å²) in [5, 5.41) is 10.5. The normalized spacial score (nSPS) is 35.4. The molecule has 0 radical (unpaired) electrons. The topological polar surface area (TPSA) is 35.9 Å². The van der Waals surface area contributed by atoms with Gasteiger partial charge in [-0.05, 0) is 38.8 Å². The number of likely N-dealkylation sites (N-methyl/N-ethyl adjacent to an activating group) is 1. The van der Waals surface area contributed by atoms with E-state index in [1.807, 2.05) is 6.08 Å². The molecule has 0 aromatic rings. The van der Waals surface area contributed by atoms with Gasteiger partial charge in [-0.15, -0.1) is 0 Å². The maximum atomic E-state index is 10.5. The Morgan fingerprint density at radius 2 is 2.06 bits per heavy atom. The predicted molar refractivity (Wildman–Crippen MR) is 72.4 cm³/mol. The molecular weight excluding hydrogens is 228 g/mol. The molecule has 4 nitrogen and oxygen atoms in total. The fourth-order valence-corrected chi connectivity index (χ4v) is 3.13. The summed E-state index contributed by atoms with van der Waals surface area (Å²) in [6.07, 6.45) is 7.27. The molecule has 0 amide bonds. The molecule has 0 aromatic heterocycles. The van der Waals surface area contributed by atoms with E-state index in [9.17, 15) is 5.11 Å². The highest BCUT2D eigenvalue weighted by molar-refractivity contribution is 4.98. The van der Waals surface area contributed by atoms with E-state index >= 15 is 0 Å². The maximum absolute atomic E-state index is 10.5. The van der Waals surface area contributed by atoms with Crippen LogP contribution in [0.5, 0.6) is 0 Å². The van der Waals surface area contributed by atoms with Crippen molar-refractivity contribution < 1.29 is 9.84 Å². The molecule has 2 aliphatic rings. The van der Waals surface area contributed by atoms with Gasteiger partial charge in [0, 0.05) is 32.2 Å². The Morgan fingerprint density at radius 3 is 2.72 bits per heavy atom. The second kappa shape index (κ2) is 6.04. The second-order valence-electron chi connectivity index (χ2n) is 5.77. The molecule has 4 heteroatoms. The van der Waals surface area contributed by atoms with Gasteiger partial charge < -0.3 is 14.7 Å². The van der Waals surface area contributed by atoms with Crippen LogP contribution in [0.3, 0.4) is 0 Å². The molecule has 0 bridgehead atoms. The standard InChI is InChI=1S/C14H26N2O2/c1-15-7-9-16(10-8-15)13-4-6-14(17,12-13)5-3-11-18-2/h3,11,13,17H,4-10,12H2,1-2H3/t13-,14-/m1/s1. The van der Waals surface area contributed by atoms with Crippen molar-refractivity contribution in [3.63, 3.8) is 0 Å². The van der Waals surface area contributed by atoms with Gasteiger partial charge in [-0.25, -0.2) is 0 Å². The van der Waals surface area contributed by atoms with E-state index in [-0.39, 0.29) is 0 Å². The van der Waals surface area contributed by atoms with Gasteiger partial charge in [0.25, 0.3) is 0 Å². The maximum Gasteiger partial charge on any atom is 0.0785 e. The number of hydrogen-bond donors (Lipinski definition) is 1. The lowest BCUT2D eigenvalue weighted by Gasteiger charge is -2.36. The average Bonchev–Trinajstić information content (AvgIpc) is 2.73. The molecule has 2 fully saturated rings. The average molecular weight is 254 g/mol. The first kappa shape index (κ1) is 13.8. The van der Waals surface area contributed by atoms with Crippen molar-refractivity contribution in [3.8, 4) is 0 Å². The highest BCUT2D eigenvalue weighted by Crippen LogP contribution is 2.36. The zero-order valence-electron chi connectivity index (χ0n) is 11.6. The van der Waals surface area contributed by atoms with E-state index < -0.39 is 5.60 Å². The molecule has 1 aliphatic carbocycles. The summed E-state index contributed by atoms with van der Waals surface area (Å²) >= 11 is 0. The van der Waals surface area contributed by atoms with E-state index in [0.29, 0.717) is 12.5 Å². The second-order valence-corrected chi connectivity index (χ2v) is 5.77. The molecule has 2 atom stereocenters. The van der Waals surface area contributed by atoms with Crippen LogP contribution in [0.4, 0.5) is 0 Å². The lowest BCUT2D eigenvalue weighted by atomic mass is 9.97. The summed E-state index contributed by atoms with van der Waals surface area (Å²) in [7, 11) is 3.82. The zero-order valence-corrected chi connectivity index (χ0v) is 11.6. The minimum Gasteiger partial charge on any atom is -0.505 e. The Hall–Kier alpha value is -0.580. The number of rotatable bonds is 4. The number of methoxy groups -OCH3 is 1.